The Bertz CT molecular complexity index is 532. The predicted molar refractivity (Wildman–Crippen MR) is 90.0 cm³/mol. The fourth-order valence-corrected chi connectivity index (χ4v) is 2.39. The first-order valence-corrected chi connectivity index (χ1v) is 7.97. The molecule has 0 bridgehead atoms. The molecule has 1 aromatic carbocycles. The van der Waals surface area contributed by atoms with Gasteiger partial charge >= 0.3 is 13.1 Å². The average Bonchev–Trinajstić information content (AvgIpc) is 2.48. The van der Waals surface area contributed by atoms with Crippen LogP contribution in [-0.4, -0.2) is 40.4 Å². The number of rotatable bonds is 10. The van der Waals surface area contributed by atoms with E-state index >= 15 is 0 Å². The van der Waals surface area contributed by atoms with Crippen LogP contribution in [0.25, 0.3) is 0 Å². The molecule has 5 N–H and O–H groups in total. The van der Waals surface area contributed by atoms with Crippen molar-refractivity contribution in [2.75, 3.05) is 6.61 Å². The minimum absolute atomic E-state index is 0.0749. The van der Waals surface area contributed by atoms with Gasteiger partial charge < -0.3 is 25.6 Å². The van der Waals surface area contributed by atoms with Crippen LogP contribution in [0.3, 0.4) is 0 Å². The van der Waals surface area contributed by atoms with Gasteiger partial charge in [-0.2, -0.15) is 0 Å². The van der Waals surface area contributed by atoms with Crippen molar-refractivity contribution in [1.82, 2.24) is 0 Å². The summed E-state index contributed by atoms with van der Waals surface area (Å²) in [7, 11) is -1.39. The zero-order valence-corrected chi connectivity index (χ0v) is 14.1. The molecular formula is C14H20BCl2NO5. The van der Waals surface area contributed by atoms with Gasteiger partial charge in [-0.1, -0.05) is 42.1 Å². The molecule has 0 amide bonds. The number of carbonyl (C=O) groups is 1. The van der Waals surface area contributed by atoms with Crippen molar-refractivity contribution in [1.29, 1.82) is 0 Å². The standard InChI is InChI=1S/C14H20BCl2NO5/c16-10-4-3-5-11(12(10)17)23-9-7-14(18,13(19)20)6-1-2-8-15(21)22/h3-5,21-22H,1-2,6-9,18H2,(H,19,20). The molecule has 6 nitrogen and oxygen atoms in total. The van der Waals surface area contributed by atoms with E-state index in [9.17, 15) is 9.90 Å². The Morgan fingerprint density at radius 2 is 1.96 bits per heavy atom. The van der Waals surface area contributed by atoms with E-state index in [1.807, 2.05) is 0 Å². The number of halogens is 2. The maximum Gasteiger partial charge on any atom is 0.451 e. The van der Waals surface area contributed by atoms with E-state index in [1.54, 1.807) is 18.2 Å². The second-order valence-corrected chi connectivity index (χ2v) is 6.12. The van der Waals surface area contributed by atoms with Crippen molar-refractivity contribution < 1.29 is 24.7 Å². The maximum atomic E-state index is 11.4. The number of carboxylic acids is 1. The summed E-state index contributed by atoms with van der Waals surface area (Å²) in [5.74, 6) is -0.752. The SMILES string of the molecule is NC(CCCCB(O)O)(CCOc1cccc(Cl)c1Cl)C(=O)O. The van der Waals surface area contributed by atoms with Crippen LogP contribution in [0.15, 0.2) is 18.2 Å². The number of nitrogens with two attached hydrogens (primary N) is 1. The van der Waals surface area contributed by atoms with Gasteiger partial charge in [-0.05, 0) is 24.9 Å². The van der Waals surface area contributed by atoms with Gasteiger partial charge in [0.25, 0.3) is 0 Å². The normalized spacial score (nSPS) is 13.4. The number of benzene rings is 1. The third-order valence-electron chi connectivity index (χ3n) is 3.48. The van der Waals surface area contributed by atoms with E-state index in [4.69, 9.17) is 43.7 Å². The lowest BCUT2D eigenvalue weighted by Crippen LogP contribution is -2.49. The quantitative estimate of drug-likeness (QED) is 0.374. The van der Waals surface area contributed by atoms with E-state index in [-0.39, 0.29) is 30.8 Å². The molecule has 0 saturated carbocycles. The van der Waals surface area contributed by atoms with Gasteiger partial charge in [-0.25, -0.2) is 0 Å². The molecule has 0 aliphatic rings. The van der Waals surface area contributed by atoms with Crippen molar-refractivity contribution in [2.45, 2.75) is 37.5 Å². The van der Waals surface area contributed by atoms with Gasteiger partial charge in [0.15, 0.2) is 0 Å². The zero-order valence-electron chi connectivity index (χ0n) is 12.5. The van der Waals surface area contributed by atoms with Crippen molar-refractivity contribution in [3.63, 3.8) is 0 Å². The molecule has 0 spiro atoms. The van der Waals surface area contributed by atoms with Crippen molar-refractivity contribution in [3.8, 4) is 5.75 Å². The maximum absolute atomic E-state index is 11.4. The number of ether oxygens (including phenoxy) is 1. The second-order valence-electron chi connectivity index (χ2n) is 5.34. The molecule has 0 heterocycles. The average molecular weight is 364 g/mol. The Labute approximate surface area is 145 Å². The highest BCUT2D eigenvalue weighted by Crippen LogP contribution is 2.31. The lowest BCUT2D eigenvalue weighted by Gasteiger charge is -2.25. The highest BCUT2D eigenvalue weighted by atomic mass is 35.5. The molecule has 9 heteroatoms. The lowest BCUT2D eigenvalue weighted by molar-refractivity contribution is -0.144. The molecule has 23 heavy (non-hydrogen) atoms. The molecule has 0 aliphatic heterocycles. The van der Waals surface area contributed by atoms with Gasteiger partial charge in [0.1, 0.15) is 16.3 Å². The minimum atomic E-state index is -1.44. The van der Waals surface area contributed by atoms with Crippen LogP contribution in [-0.2, 0) is 4.79 Å². The van der Waals surface area contributed by atoms with Gasteiger partial charge in [-0.3, -0.25) is 4.79 Å². The summed E-state index contributed by atoms with van der Waals surface area (Å²) >= 11 is 11.9. The molecule has 0 aromatic heterocycles. The molecule has 1 unspecified atom stereocenters. The number of unbranched alkanes of at least 4 members (excludes halogenated alkanes) is 1. The Morgan fingerprint density at radius 1 is 1.26 bits per heavy atom. The van der Waals surface area contributed by atoms with Crippen molar-refractivity contribution in [3.05, 3.63) is 28.2 Å². The van der Waals surface area contributed by atoms with Gasteiger partial charge in [0.2, 0.25) is 0 Å². The number of hydrogen-bond acceptors (Lipinski definition) is 5. The smallest absolute Gasteiger partial charge is 0.451 e. The topological polar surface area (TPSA) is 113 Å². The summed E-state index contributed by atoms with van der Waals surface area (Å²) < 4.78 is 5.47. The van der Waals surface area contributed by atoms with Crippen LogP contribution < -0.4 is 10.5 Å². The Hall–Kier alpha value is -0.985. The van der Waals surface area contributed by atoms with Crippen molar-refractivity contribution >= 4 is 36.3 Å². The molecule has 1 aromatic rings. The monoisotopic (exact) mass is 363 g/mol. The summed E-state index contributed by atoms with van der Waals surface area (Å²) in [5.41, 5.74) is 4.49. The number of aliphatic carboxylic acids is 1. The molecule has 0 aliphatic carbocycles. The highest BCUT2D eigenvalue weighted by molar-refractivity contribution is 6.43. The summed E-state index contributed by atoms with van der Waals surface area (Å²) in [6.45, 7) is 0.0749. The van der Waals surface area contributed by atoms with E-state index in [0.717, 1.165) is 0 Å². The molecule has 0 saturated heterocycles. The third-order valence-corrected chi connectivity index (χ3v) is 4.28. The van der Waals surface area contributed by atoms with Crippen LogP contribution >= 0.6 is 23.2 Å². The van der Waals surface area contributed by atoms with Gasteiger partial charge in [0.05, 0.1) is 11.6 Å². The van der Waals surface area contributed by atoms with Crippen LogP contribution in [0.5, 0.6) is 5.75 Å². The Morgan fingerprint density at radius 3 is 2.57 bits per heavy atom. The van der Waals surface area contributed by atoms with E-state index < -0.39 is 18.6 Å². The summed E-state index contributed by atoms with van der Waals surface area (Å²) in [4.78, 5) is 11.4. The first-order valence-electron chi connectivity index (χ1n) is 7.21. The predicted octanol–water partition coefficient (Wildman–Crippen LogP) is 2.19. The van der Waals surface area contributed by atoms with E-state index in [0.29, 0.717) is 23.6 Å². The number of hydrogen-bond donors (Lipinski definition) is 4. The first-order chi connectivity index (χ1) is 10.8. The molecule has 128 valence electrons. The molecular weight excluding hydrogens is 344 g/mol. The molecule has 1 rings (SSSR count). The molecule has 0 radical (unpaired) electrons. The summed E-state index contributed by atoms with van der Waals surface area (Å²) in [6, 6.07) is 4.93. The zero-order chi connectivity index (χ0) is 17.5. The summed E-state index contributed by atoms with van der Waals surface area (Å²) in [5, 5.41) is 27.5. The fourth-order valence-electron chi connectivity index (χ4n) is 2.04. The first kappa shape index (κ1) is 20.1. The minimum Gasteiger partial charge on any atom is -0.492 e. The number of carboxylic acid groups (broad SMARTS) is 1. The molecule has 1 atom stereocenters. The third kappa shape index (κ3) is 6.57. The van der Waals surface area contributed by atoms with Crippen LogP contribution in [0, 0.1) is 0 Å². The second kappa shape index (κ2) is 9.34. The highest BCUT2D eigenvalue weighted by Gasteiger charge is 2.33. The van der Waals surface area contributed by atoms with Crippen LogP contribution in [0.4, 0.5) is 0 Å². The Kier molecular flexibility index (Phi) is 8.15. The Balaban J connectivity index is 2.52. The van der Waals surface area contributed by atoms with E-state index in [2.05, 4.69) is 0 Å². The van der Waals surface area contributed by atoms with Gasteiger partial charge in [-0.15, -0.1) is 0 Å². The molecule has 0 fully saturated rings. The summed E-state index contributed by atoms with van der Waals surface area (Å²) in [6.07, 6.45) is 1.43. The lowest BCUT2D eigenvalue weighted by atomic mass is 9.81. The van der Waals surface area contributed by atoms with Crippen LogP contribution in [0.1, 0.15) is 25.7 Å². The van der Waals surface area contributed by atoms with Crippen LogP contribution in [0.2, 0.25) is 16.4 Å². The van der Waals surface area contributed by atoms with E-state index in [1.165, 1.54) is 0 Å². The fraction of sp³-hybridized carbons (Fsp3) is 0.500. The van der Waals surface area contributed by atoms with Crippen molar-refractivity contribution in [2.24, 2.45) is 5.73 Å². The largest absolute Gasteiger partial charge is 0.492 e. The van der Waals surface area contributed by atoms with Gasteiger partial charge in [0, 0.05) is 6.42 Å².